The molecule has 0 aromatic heterocycles. The summed E-state index contributed by atoms with van der Waals surface area (Å²) in [7, 11) is 0. The molecule has 1 atom stereocenters. The van der Waals surface area contributed by atoms with Crippen LogP contribution in [0.5, 0.6) is 0 Å². The maximum absolute atomic E-state index is 12.5. The number of hydrogen-bond acceptors (Lipinski definition) is 3. The highest BCUT2D eigenvalue weighted by molar-refractivity contribution is 6.24. The van der Waals surface area contributed by atoms with Crippen LogP contribution in [0.15, 0.2) is 66.2 Å². The number of carbonyl (C=O) groups is 2. The van der Waals surface area contributed by atoms with E-state index >= 15 is 0 Å². The number of hydrogen-bond donors (Lipinski definition) is 0. The van der Waals surface area contributed by atoms with E-state index in [9.17, 15) is 9.59 Å². The Morgan fingerprint density at radius 2 is 1.55 bits per heavy atom. The quantitative estimate of drug-likeness (QED) is 0.864. The Balaban J connectivity index is 1.77. The minimum atomic E-state index is -0.426. The molecule has 2 aromatic carbocycles. The first-order valence-corrected chi connectivity index (χ1v) is 7.22. The van der Waals surface area contributed by atoms with E-state index in [4.69, 9.17) is 4.74 Å². The molecular formula is C19H16O3. The van der Waals surface area contributed by atoms with Crippen LogP contribution in [0.25, 0.3) is 0 Å². The topological polar surface area (TPSA) is 43.4 Å². The van der Waals surface area contributed by atoms with Crippen LogP contribution in [0.2, 0.25) is 0 Å². The largest absolute Gasteiger partial charge is 0.369 e. The molecule has 0 saturated heterocycles. The third kappa shape index (κ3) is 2.76. The number of carbonyl (C=O) groups excluding carboxylic acids is 2. The molecule has 22 heavy (non-hydrogen) atoms. The fraction of sp³-hybridized carbons (Fsp3) is 0.158. The van der Waals surface area contributed by atoms with Gasteiger partial charge >= 0.3 is 0 Å². The fourth-order valence-corrected chi connectivity index (χ4v) is 2.52. The van der Waals surface area contributed by atoms with E-state index < -0.39 is 6.10 Å². The van der Waals surface area contributed by atoms with Crippen LogP contribution in [-0.4, -0.2) is 17.7 Å². The van der Waals surface area contributed by atoms with Gasteiger partial charge in [-0.15, -0.1) is 0 Å². The van der Waals surface area contributed by atoms with Crippen molar-refractivity contribution in [2.75, 3.05) is 0 Å². The van der Waals surface area contributed by atoms with E-state index in [1.165, 1.54) is 6.08 Å². The molecule has 1 aliphatic carbocycles. The number of ketones is 2. The SMILES string of the molecule is CC(OCc1ccccc1)C1=CC(=O)c2ccccc2C1=O. The molecule has 0 radical (unpaired) electrons. The first-order chi connectivity index (χ1) is 10.7. The van der Waals surface area contributed by atoms with Gasteiger partial charge in [-0.05, 0) is 18.6 Å². The normalized spacial score (nSPS) is 15.2. The average molecular weight is 292 g/mol. The molecule has 3 heteroatoms. The molecule has 110 valence electrons. The van der Waals surface area contributed by atoms with Gasteiger partial charge in [0.15, 0.2) is 11.6 Å². The highest BCUT2D eigenvalue weighted by Crippen LogP contribution is 2.24. The molecule has 0 N–H and O–H groups in total. The van der Waals surface area contributed by atoms with E-state index in [2.05, 4.69) is 0 Å². The third-order valence-electron chi connectivity index (χ3n) is 3.77. The maximum atomic E-state index is 12.5. The minimum Gasteiger partial charge on any atom is -0.369 e. The van der Waals surface area contributed by atoms with Crippen molar-refractivity contribution in [2.45, 2.75) is 19.6 Å². The average Bonchev–Trinajstić information content (AvgIpc) is 2.57. The molecule has 1 aliphatic rings. The molecule has 0 heterocycles. The van der Waals surface area contributed by atoms with Gasteiger partial charge in [-0.3, -0.25) is 9.59 Å². The smallest absolute Gasteiger partial charge is 0.192 e. The molecule has 0 amide bonds. The Morgan fingerprint density at radius 3 is 2.27 bits per heavy atom. The van der Waals surface area contributed by atoms with Crippen LogP contribution in [0.1, 0.15) is 33.2 Å². The Hall–Kier alpha value is -2.52. The fourth-order valence-electron chi connectivity index (χ4n) is 2.52. The zero-order valence-corrected chi connectivity index (χ0v) is 12.3. The number of rotatable bonds is 4. The first kappa shape index (κ1) is 14.4. The molecule has 0 spiro atoms. The van der Waals surface area contributed by atoms with Gasteiger partial charge in [0.1, 0.15) is 0 Å². The van der Waals surface area contributed by atoms with E-state index in [1.54, 1.807) is 31.2 Å². The Labute approximate surface area is 129 Å². The second-order valence-corrected chi connectivity index (χ2v) is 5.28. The van der Waals surface area contributed by atoms with Gasteiger partial charge in [0.05, 0.1) is 12.7 Å². The highest BCUT2D eigenvalue weighted by Gasteiger charge is 2.28. The number of benzene rings is 2. The predicted molar refractivity (Wildman–Crippen MR) is 83.9 cm³/mol. The minimum absolute atomic E-state index is 0.129. The van der Waals surface area contributed by atoms with E-state index in [1.807, 2.05) is 30.3 Å². The van der Waals surface area contributed by atoms with E-state index in [0.29, 0.717) is 23.3 Å². The summed E-state index contributed by atoms with van der Waals surface area (Å²) in [6.07, 6.45) is 0.977. The van der Waals surface area contributed by atoms with Crippen molar-refractivity contribution in [3.05, 3.63) is 82.9 Å². The molecule has 1 unspecified atom stereocenters. The molecule has 0 aliphatic heterocycles. The number of ether oxygens (including phenoxy) is 1. The highest BCUT2D eigenvalue weighted by atomic mass is 16.5. The Kier molecular flexibility index (Phi) is 3.98. The van der Waals surface area contributed by atoms with Crippen molar-refractivity contribution in [3.8, 4) is 0 Å². The van der Waals surface area contributed by atoms with Crippen LogP contribution < -0.4 is 0 Å². The second-order valence-electron chi connectivity index (χ2n) is 5.28. The monoisotopic (exact) mass is 292 g/mol. The van der Waals surface area contributed by atoms with Gasteiger partial charge in [0, 0.05) is 16.7 Å². The van der Waals surface area contributed by atoms with Crippen LogP contribution in [-0.2, 0) is 11.3 Å². The lowest BCUT2D eigenvalue weighted by atomic mass is 9.87. The lowest BCUT2D eigenvalue weighted by molar-refractivity contribution is 0.0676. The van der Waals surface area contributed by atoms with Crippen molar-refractivity contribution in [1.29, 1.82) is 0 Å². The Bertz CT molecular complexity index is 744. The molecule has 0 bridgehead atoms. The van der Waals surface area contributed by atoms with Crippen LogP contribution >= 0.6 is 0 Å². The summed E-state index contributed by atoms with van der Waals surface area (Å²) in [5, 5.41) is 0. The van der Waals surface area contributed by atoms with Gasteiger partial charge in [0.2, 0.25) is 0 Å². The van der Waals surface area contributed by atoms with Gasteiger partial charge < -0.3 is 4.74 Å². The van der Waals surface area contributed by atoms with Crippen molar-refractivity contribution in [3.63, 3.8) is 0 Å². The second kappa shape index (κ2) is 6.08. The zero-order chi connectivity index (χ0) is 15.5. The Morgan fingerprint density at radius 1 is 0.909 bits per heavy atom. The summed E-state index contributed by atoms with van der Waals surface area (Å²) in [6.45, 7) is 2.20. The molecule has 2 aromatic rings. The molecule has 0 fully saturated rings. The molecular weight excluding hydrogens is 276 g/mol. The number of fused-ring (bicyclic) bond motifs is 1. The summed E-state index contributed by atoms with van der Waals surface area (Å²) in [5.74, 6) is -0.267. The van der Waals surface area contributed by atoms with Gasteiger partial charge in [-0.2, -0.15) is 0 Å². The van der Waals surface area contributed by atoms with Crippen molar-refractivity contribution < 1.29 is 14.3 Å². The zero-order valence-electron chi connectivity index (χ0n) is 12.3. The summed E-state index contributed by atoms with van der Waals surface area (Å²) in [4.78, 5) is 24.7. The first-order valence-electron chi connectivity index (χ1n) is 7.22. The summed E-state index contributed by atoms with van der Waals surface area (Å²) in [5.41, 5.74) is 2.37. The van der Waals surface area contributed by atoms with Crippen molar-refractivity contribution >= 4 is 11.6 Å². The van der Waals surface area contributed by atoms with Crippen LogP contribution in [0.3, 0.4) is 0 Å². The predicted octanol–water partition coefficient (Wildman–Crippen LogP) is 3.60. The molecule has 3 nitrogen and oxygen atoms in total. The van der Waals surface area contributed by atoms with Crippen LogP contribution in [0.4, 0.5) is 0 Å². The standard InChI is InChI=1S/C19H16O3/c1-13(22-12-14-7-3-2-4-8-14)17-11-18(20)15-9-5-6-10-16(15)19(17)21/h2-11,13H,12H2,1H3. The van der Waals surface area contributed by atoms with E-state index in [-0.39, 0.29) is 11.6 Å². The summed E-state index contributed by atoms with van der Waals surface area (Å²) >= 11 is 0. The van der Waals surface area contributed by atoms with Gasteiger partial charge in [-0.1, -0.05) is 54.6 Å². The van der Waals surface area contributed by atoms with Gasteiger partial charge in [-0.25, -0.2) is 0 Å². The number of Topliss-reactive ketones (excluding diaryl/α,β-unsaturated/α-hetero) is 1. The molecule has 0 saturated carbocycles. The molecule has 3 rings (SSSR count). The number of allylic oxidation sites excluding steroid dienone is 1. The van der Waals surface area contributed by atoms with Gasteiger partial charge in [0.25, 0.3) is 0 Å². The summed E-state index contributed by atoms with van der Waals surface area (Å²) in [6, 6.07) is 16.6. The van der Waals surface area contributed by atoms with E-state index in [0.717, 1.165) is 5.56 Å². The lowest BCUT2D eigenvalue weighted by Crippen LogP contribution is -2.25. The van der Waals surface area contributed by atoms with Crippen molar-refractivity contribution in [1.82, 2.24) is 0 Å². The van der Waals surface area contributed by atoms with Crippen LogP contribution in [0, 0.1) is 0 Å². The summed E-state index contributed by atoms with van der Waals surface area (Å²) < 4.78 is 5.76. The van der Waals surface area contributed by atoms with Crippen molar-refractivity contribution in [2.24, 2.45) is 0 Å². The third-order valence-corrected chi connectivity index (χ3v) is 3.77. The maximum Gasteiger partial charge on any atom is 0.192 e. The lowest BCUT2D eigenvalue weighted by Gasteiger charge is -2.20.